The van der Waals surface area contributed by atoms with E-state index in [1.54, 1.807) is 0 Å². The van der Waals surface area contributed by atoms with Crippen LogP contribution < -0.4 is 10.9 Å². The van der Waals surface area contributed by atoms with Crippen molar-refractivity contribution in [3.63, 3.8) is 0 Å². The molecule has 2 heteroatoms. The lowest BCUT2D eigenvalue weighted by atomic mass is 9.62. The van der Waals surface area contributed by atoms with Gasteiger partial charge in [-0.2, -0.15) is 0 Å². The van der Waals surface area contributed by atoms with Crippen LogP contribution in [0.3, 0.4) is 0 Å². The number of hydrogen-bond donors (Lipinski definition) is 0. The molecule has 8 rings (SSSR count). The summed E-state index contributed by atoms with van der Waals surface area (Å²) in [6.07, 6.45) is 0. The van der Waals surface area contributed by atoms with E-state index in [1.165, 1.54) is 77.5 Å². The molecule has 172 valence electrons. The first-order valence-electron chi connectivity index (χ1n) is 13.3. The van der Waals surface area contributed by atoms with Gasteiger partial charge in [0.1, 0.15) is 15.7 Å². The molecule has 4 aromatic rings. The van der Waals surface area contributed by atoms with Gasteiger partial charge < -0.3 is 0 Å². The topological polar surface area (TPSA) is 0 Å². The Morgan fingerprint density at radius 1 is 0.417 bits per heavy atom. The molecule has 4 aromatic carbocycles. The Labute approximate surface area is 217 Å². The molecule has 0 N–H and O–H groups in total. The predicted octanol–water partition coefficient (Wildman–Crippen LogP) is 6.32. The van der Waals surface area contributed by atoms with E-state index < -0.39 is 0 Å². The van der Waals surface area contributed by atoms with Crippen molar-refractivity contribution in [1.29, 1.82) is 0 Å². The van der Waals surface area contributed by atoms with Crippen LogP contribution in [0.1, 0.15) is 99.9 Å². The van der Waals surface area contributed by atoms with Crippen molar-refractivity contribution in [2.75, 3.05) is 0 Å². The molecular formula is C34H30B2. The fourth-order valence-corrected chi connectivity index (χ4v) is 8.81. The van der Waals surface area contributed by atoms with Crippen LogP contribution in [-0.4, -0.2) is 15.7 Å². The molecule has 0 fully saturated rings. The summed E-state index contributed by atoms with van der Waals surface area (Å²) < 4.78 is 0. The van der Waals surface area contributed by atoms with Crippen LogP contribution in [0, 0.1) is 0 Å². The fraction of sp³-hybridized carbons (Fsp3) is 0.353. The summed E-state index contributed by atoms with van der Waals surface area (Å²) in [5, 5.41) is 2.96. The molecule has 0 unspecified atom stereocenters. The lowest BCUT2D eigenvalue weighted by Gasteiger charge is -2.41. The van der Waals surface area contributed by atoms with Crippen molar-refractivity contribution in [3.8, 4) is 22.3 Å². The molecule has 0 nitrogen and oxygen atoms in total. The highest BCUT2D eigenvalue weighted by Gasteiger charge is 2.54. The molecule has 4 aliphatic rings. The molecule has 0 aromatic heterocycles. The molecule has 36 heavy (non-hydrogen) atoms. The van der Waals surface area contributed by atoms with Gasteiger partial charge in [-0.15, -0.1) is 0 Å². The van der Waals surface area contributed by atoms with Crippen LogP contribution in [0.5, 0.6) is 0 Å². The smallest absolute Gasteiger partial charge is 0.0960 e. The van der Waals surface area contributed by atoms with E-state index in [1.807, 2.05) is 0 Å². The van der Waals surface area contributed by atoms with E-state index >= 15 is 0 Å². The van der Waals surface area contributed by atoms with E-state index in [0.29, 0.717) is 0 Å². The first kappa shape index (κ1) is 21.4. The molecule has 0 amide bonds. The largest absolute Gasteiger partial charge is 0.113 e. The first-order valence-corrected chi connectivity index (χ1v) is 13.3. The molecule has 0 atom stereocenters. The second-order valence-electron chi connectivity index (χ2n) is 13.9. The normalized spacial score (nSPS) is 20.8. The zero-order valence-electron chi connectivity index (χ0n) is 22.6. The highest BCUT2D eigenvalue weighted by molar-refractivity contribution is 6.34. The zero-order chi connectivity index (χ0) is 25.5. The summed E-state index contributed by atoms with van der Waals surface area (Å²) in [6.45, 7) is 19.2. The van der Waals surface area contributed by atoms with Gasteiger partial charge in [-0.3, -0.25) is 0 Å². The highest BCUT2D eigenvalue weighted by Crippen LogP contribution is 2.68. The average molecular weight is 460 g/mol. The third kappa shape index (κ3) is 1.92. The molecule has 0 heterocycles. The molecule has 0 saturated carbocycles. The maximum absolute atomic E-state index is 6.61. The predicted molar refractivity (Wildman–Crippen MR) is 154 cm³/mol. The minimum Gasteiger partial charge on any atom is -0.0960 e. The van der Waals surface area contributed by atoms with Crippen LogP contribution in [0.2, 0.25) is 0 Å². The Bertz CT molecular complexity index is 1660. The summed E-state index contributed by atoms with van der Waals surface area (Å²) in [7, 11) is 13.2. The molecule has 4 aliphatic carbocycles. The van der Waals surface area contributed by atoms with Gasteiger partial charge in [-0.25, -0.2) is 0 Å². The Kier molecular flexibility index (Phi) is 3.31. The van der Waals surface area contributed by atoms with E-state index in [2.05, 4.69) is 91.8 Å². The quantitative estimate of drug-likeness (QED) is 0.270. The molecular weight excluding hydrogens is 430 g/mol. The Morgan fingerprint density at radius 3 is 1.06 bits per heavy atom. The standard InChI is InChI=1S/C34H30B2/c1-31(2)17-9-10-18-26-25(17)27-23-19(31)11-15(35)13-21(23)33(5,6)29(27)30-28(26)24-20(32(18,3)4)12-16(36)14-22(24)34(30,7)8/h9-14H,1-8H3. The third-order valence-corrected chi connectivity index (χ3v) is 10.6. The van der Waals surface area contributed by atoms with E-state index in [-0.39, 0.29) is 21.7 Å². The maximum atomic E-state index is 6.61. The van der Waals surface area contributed by atoms with Gasteiger partial charge >= 0.3 is 0 Å². The Hall–Kier alpha value is -2.73. The molecule has 4 radical (unpaired) electrons. The van der Waals surface area contributed by atoms with Crippen molar-refractivity contribution in [1.82, 2.24) is 0 Å². The van der Waals surface area contributed by atoms with Gasteiger partial charge in [-0.1, -0.05) is 103 Å². The van der Waals surface area contributed by atoms with E-state index in [4.69, 9.17) is 15.7 Å². The second-order valence-corrected chi connectivity index (χ2v) is 13.9. The minimum absolute atomic E-state index is 0.126. The van der Waals surface area contributed by atoms with Crippen LogP contribution in [-0.2, 0) is 21.7 Å². The molecule has 0 spiro atoms. The summed E-state index contributed by atoms with van der Waals surface area (Å²) in [5.74, 6) is 0. The fourth-order valence-electron chi connectivity index (χ4n) is 8.81. The van der Waals surface area contributed by atoms with Crippen LogP contribution in [0.25, 0.3) is 33.0 Å². The highest BCUT2D eigenvalue weighted by atomic mass is 14.6. The van der Waals surface area contributed by atoms with Gasteiger partial charge in [-0.05, 0) is 77.5 Å². The van der Waals surface area contributed by atoms with E-state index in [0.717, 1.165) is 10.9 Å². The molecule has 0 bridgehead atoms. The molecule has 0 saturated heterocycles. The first-order chi connectivity index (χ1) is 16.7. The number of hydrogen-bond acceptors (Lipinski definition) is 0. The van der Waals surface area contributed by atoms with Crippen molar-refractivity contribution in [3.05, 3.63) is 80.9 Å². The lowest BCUT2D eigenvalue weighted by Crippen LogP contribution is -2.29. The summed E-state index contributed by atoms with van der Waals surface area (Å²) in [5.41, 5.74) is 18.4. The van der Waals surface area contributed by atoms with Crippen LogP contribution in [0.4, 0.5) is 0 Å². The second kappa shape index (κ2) is 5.57. The van der Waals surface area contributed by atoms with Crippen molar-refractivity contribution in [2.24, 2.45) is 0 Å². The Morgan fingerprint density at radius 2 is 0.722 bits per heavy atom. The van der Waals surface area contributed by atoms with Gasteiger partial charge in [0.15, 0.2) is 0 Å². The van der Waals surface area contributed by atoms with Gasteiger partial charge in [0.2, 0.25) is 0 Å². The minimum atomic E-state index is -0.138. The summed E-state index contributed by atoms with van der Waals surface area (Å²) >= 11 is 0. The monoisotopic (exact) mass is 460 g/mol. The number of fused-ring (bicyclic) bond motifs is 1. The maximum Gasteiger partial charge on any atom is 0.113 e. The van der Waals surface area contributed by atoms with Crippen molar-refractivity contribution < 1.29 is 0 Å². The SMILES string of the molecule is [B]c1cc2c3c(c1)C(C)(C)c1ccc4c5c6c(c(c-3c15)C2(C)C)C(C)(C)c1cc([B])cc(c1-6)C4(C)C. The summed E-state index contributed by atoms with van der Waals surface area (Å²) in [4.78, 5) is 0. The van der Waals surface area contributed by atoms with Crippen molar-refractivity contribution in [2.45, 2.75) is 77.0 Å². The number of rotatable bonds is 0. The zero-order valence-corrected chi connectivity index (χ0v) is 22.6. The van der Waals surface area contributed by atoms with Gasteiger partial charge in [0.05, 0.1) is 0 Å². The third-order valence-electron chi connectivity index (χ3n) is 10.6. The molecule has 0 aliphatic heterocycles. The Balaban J connectivity index is 1.75. The number of benzene rings is 4. The summed E-state index contributed by atoms with van der Waals surface area (Å²) in [6, 6.07) is 13.8. The average Bonchev–Trinajstić information content (AvgIpc) is 3.15. The van der Waals surface area contributed by atoms with Crippen molar-refractivity contribution >= 4 is 37.4 Å². The lowest BCUT2D eigenvalue weighted by molar-refractivity contribution is 0.601. The van der Waals surface area contributed by atoms with Crippen LogP contribution in [0.15, 0.2) is 36.4 Å². The van der Waals surface area contributed by atoms with E-state index in [9.17, 15) is 0 Å². The van der Waals surface area contributed by atoms with Gasteiger partial charge in [0, 0.05) is 21.7 Å². The van der Waals surface area contributed by atoms with Crippen LogP contribution >= 0.6 is 0 Å². The van der Waals surface area contributed by atoms with Gasteiger partial charge in [0.25, 0.3) is 0 Å².